The Morgan fingerprint density at radius 3 is 2.33 bits per heavy atom. The van der Waals surface area contributed by atoms with Gasteiger partial charge in [0.1, 0.15) is 11.8 Å². The van der Waals surface area contributed by atoms with Gasteiger partial charge in [0.25, 0.3) is 5.91 Å². The molecule has 0 fully saturated rings. The number of nitrogens with one attached hydrogen (secondary N) is 1. The standard InChI is InChI=1S/C30H35BrN2O3/c1-21(2)18-32-30(35)27(17-24-11-6-5-7-12-24)33(19-25-13-9-14-26(31)16-25)29(34)20-36-28-15-8-10-22(3)23(28)4/h5-16,21,27H,17-20H2,1-4H3,(H,32,35). The Balaban J connectivity index is 1.92. The summed E-state index contributed by atoms with van der Waals surface area (Å²) in [6, 6.07) is 22.7. The number of halogens is 1. The van der Waals surface area contributed by atoms with Crippen LogP contribution in [-0.4, -0.2) is 35.9 Å². The molecule has 0 heterocycles. The number of carbonyl (C=O) groups is 2. The minimum Gasteiger partial charge on any atom is -0.483 e. The van der Waals surface area contributed by atoms with Crippen LogP contribution in [0.25, 0.3) is 0 Å². The molecule has 190 valence electrons. The van der Waals surface area contributed by atoms with Gasteiger partial charge >= 0.3 is 0 Å². The van der Waals surface area contributed by atoms with E-state index in [1.165, 1.54) is 0 Å². The first-order valence-corrected chi connectivity index (χ1v) is 13.1. The Bertz CT molecular complexity index is 1160. The highest BCUT2D eigenvalue weighted by molar-refractivity contribution is 9.10. The van der Waals surface area contributed by atoms with Crippen LogP contribution in [0.2, 0.25) is 0 Å². The van der Waals surface area contributed by atoms with Crippen molar-refractivity contribution in [3.8, 4) is 5.75 Å². The summed E-state index contributed by atoms with van der Waals surface area (Å²) < 4.78 is 6.89. The van der Waals surface area contributed by atoms with Gasteiger partial charge in [-0.25, -0.2) is 0 Å². The molecule has 36 heavy (non-hydrogen) atoms. The van der Waals surface area contributed by atoms with Gasteiger partial charge in [-0.3, -0.25) is 9.59 Å². The number of rotatable bonds is 11. The summed E-state index contributed by atoms with van der Waals surface area (Å²) in [5, 5.41) is 3.04. The highest BCUT2D eigenvalue weighted by Crippen LogP contribution is 2.22. The Morgan fingerprint density at radius 1 is 0.944 bits per heavy atom. The van der Waals surface area contributed by atoms with Gasteiger partial charge in [-0.15, -0.1) is 0 Å². The van der Waals surface area contributed by atoms with Crippen LogP contribution in [0.1, 0.15) is 36.1 Å². The largest absolute Gasteiger partial charge is 0.483 e. The molecule has 0 saturated heterocycles. The van der Waals surface area contributed by atoms with Crippen molar-refractivity contribution >= 4 is 27.7 Å². The molecule has 0 saturated carbocycles. The van der Waals surface area contributed by atoms with Crippen LogP contribution in [0.5, 0.6) is 5.75 Å². The number of benzene rings is 3. The fourth-order valence-corrected chi connectivity index (χ4v) is 4.36. The monoisotopic (exact) mass is 550 g/mol. The second-order valence-electron chi connectivity index (χ2n) is 9.48. The number of carbonyl (C=O) groups excluding carboxylic acids is 2. The highest BCUT2D eigenvalue weighted by atomic mass is 79.9. The van der Waals surface area contributed by atoms with Crippen molar-refractivity contribution in [3.05, 3.63) is 99.5 Å². The molecule has 0 aliphatic rings. The van der Waals surface area contributed by atoms with Gasteiger partial charge < -0.3 is 15.0 Å². The van der Waals surface area contributed by atoms with Crippen LogP contribution in [0.4, 0.5) is 0 Å². The predicted octanol–water partition coefficient (Wildman–Crippen LogP) is 5.86. The molecule has 1 N–H and O–H groups in total. The minimum absolute atomic E-state index is 0.152. The van der Waals surface area contributed by atoms with Crippen molar-refractivity contribution in [2.75, 3.05) is 13.2 Å². The van der Waals surface area contributed by atoms with Gasteiger partial charge in [-0.1, -0.05) is 84.4 Å². The summed E-state index contributed by atoms with van der Waals surface area (Å²) in [4.78, 5) is 28.8. The molecule has 6 heteroatoms. The van der Waals surface area contributed by atoms with Crippen molar-refractivity contribution in [1.29, 1.82) is 0 Å². The fraction of sp³-hybridized carbons (Fsp3) is 0.333. The third kappa shape index (κ3) is 7.95. The predicted molar refractivity (Wildman–Crippen MR) is 148 cm³/mol. The second kappa shape index (κ2) is 13.3. The topological polar surface area (TPSA) is 58.6 Å². The number of ether oxygens (including phenoxy) is 1. The lowest BCUT2D eigenvalue weighted by Gasteiger charge is -2.32. The molecule has 0 aliphatic heterocycles. The van der Waals surface area contributed by atoms with Crippen LogP contribution >= 0.6 is 15.9 Å². The lowest BCUT2D eigenvalue weighted by atomic mass is 10.0. The lowest BCUT2D eigenvalue weighted by Crippen LogP contribution is -2.52. The van der Waals surface area contributed by atoms with Gasteiger partial charge in [-0.05, 0) is 60.2 Å². The van der Waals surface area contributed by atoms with E-state index in [4.69, 9.17) is 4.74 Å². The number of hydrogen-bond donors (Lipinski definition) is 1. The van der Waals surface area contributed by atoms with Crippen LogP contribution in [0.15, 0.2) is 77.3 Å². The second-order valence-corrected chi connectivity index (χ2v) is 10.4. The Hall–Kier alpha value is -3.12. The van der Waals surface area contributed by atoms with E-state index in [0.717, 1.165) is 26.7 Å². The zero-order valence-corrected chi connectivity index (χ0v) is 23.0. The van der Waals surface area contributed by atoms with E-state index in [9.17, 15) is 9.59 Å². The summed E-state index contributed by atoms with van der Waals surface area (Å²) >= 11 is 3.52. The van der Waals surface area contributed by atoms with Crippen molar-refractivity contribution in [3.63, 3.8) is 0 Å². The first kappa shape index (κ1) is 27.5. The van der Waals surface area contributed by atoms with Crippen molar-refractivity contribution in [1.82, 2.24) is 10.2 Å². The third-order valence-electron chi connectivity index (χ3n) is 6.10. The first-order chi connectivity index (χ1) is 17.2. The van der Waals surface area contributed by atoms with Crippen molar-refractivity contribution in [2.24, 2.45) is 5.92 Å². The van der Waals surface area contributed by atoms with Gasteiger partial charge in [-0.2, -0.15) is 0 Å². The molecule has 0 radical (unpaired) electrons. The minimum atomic E-state index is -0.681. The van der Waals surface area contributed by atoms with E-state index < -0.39 is 6.04 Å². The Kier molecular flexibility index (Phi) is 10.1. The highest BCUT2D eigenvalue weighted by Gasteiger charge is 2.31. The van der Waals surface area contributed by atoms with Gasteiger partial charge in [0.05, 0.1) is 0 Å². The van der Waals surface area contributed by atoms with E-state index in [1.807, 2.05) is 86.6 Å². The average molecular weight is 552 g/mol. The lowest BCUT2D eigenvalue weighted by molar-refractivity contribution is -0.142. The fourth-order valence-electron chi connectivity index (χ4n) is 3.91. The molecular formula is C30H35BrN2O3. The van der Waals surface area contributed by atoms with E-state index in [2.05, 4.69) is 35.1 Å². The van der Waals surface area contributed by atoms with Crippen LogP contribution in [-0.2, 0) is 22.6 Å². The van der Waals surface area contributed by atoms with E-state index in [1.54, 1.807) is 4.90 Å². The summed E-state index contributed by atoms with van der Waals surface area (Å²) in [6.45, 7) is 8.78. The van der Waals surface area contributed by atoms with Gasteiger partial charge in [0.2, 0.25) is 5.91 Å². The van der Waals surface area contributed by atoms with Crippen LogP contribution < -0.4 is 10.1 Å². The Labute approximate surface area is 223 Å². The number of nitrogens with zero attached hydrogens (tertiary/aromatic N) is 1. The Morgan fingerprint density at radius 2 is 1.64 bits per heavy atom. The van der Waals surface area contributed by atoms with Crippen molar-refractivity contribution < 1.29 is 14.3 Å². The van der Waals surface area contributed by atoms with E-state index in [0.29, 0.717) is 31.2 Å². The number of aryl methyl sites for hydroxylation is 1. The van der Waals surface area contributed by atoms with Crippen LogP contribution in [0.3, 0.4) is 0 Å². The number of amides is 2. The quantitative estimate of drug-likeness (QED) is 0.325. The maximum atomic E-state index is 13.7. The summed E-state index contributed by atoms with van der Waals surface area (Å²) in [7, 11) is 0. The van der Waals surface area contributed by atoms with Gasteiger partial charge in [0.15, 0.2) is 6.61 Å². The zero-order valence-electron chi connectivity index (χ0n) is 21.5. The maximum Gasteiger partial charge on any atom is 0.261 e. The molecule has 1 unspecified atom stereocenters. The molecule has 1 atom stereocenters. The smallest absolute Gasteiger partial charge is 0.261 e. The molecule has 0 aromatic heterocycles. The van der Waals surface area contributed by atoms with Crippen LogP contribution in [0, 0.1) is 19.8 Å². The van der Waals surface area contributed by atoms with Crippen molar-refractivity contribution in [2.45, 2.75) is 46.7 Å². The van der Waals surface area contributed by atoms with E-state index in [-0.39, 0.29) is 18.4 Å². The first-order valence-electron chi connectivity index (χ1n) is 12.3. The molecular weight excluding hydrogens is 516 g/mol. The molecule has 0 spiro atoms. The normalized spacial score (nSPS) is 11.7. The molecule has 3 aromatic carbocycles. The summed E-state index contributed by atoms with van der Waals surface area (Å²) in [5.41, 5.74) is 4.02. The summed E-state index contributed by atoms with van der Waals surface area (Å²) in [6.07, 6.45) is 0.411. The molecule has 0 aliphatic carbocycles. The molecule has 3 rings (SSSR count). The molecule has 2 amide bonds. The molecule has 3 aromatic rings. The zero-order chi connectivity index (χ0) is 26.1. The molecule has 5 nitrogen and oxygen atoms in total. The third-order valence-corrected chi connectivity index (χ3v) is 6.60. The average Bonchev–Trinajstić information content (AvgIpc) is 2.86. The molecule has 0 bridgehead atoms. The summed E-state index contributed by atoms with van der Waals surface area (Å²) in [5.74, 6) is 0.571. The maximum absolute atomic E-state index is 13.7. The number of hydrogen-bond acceptors (Lipinski definition) is 3. The SMILES string of the molecule is Cc1cccc(OCC(=O)N(Cc2cccc(Br)c2)C(Cc2ccccc2)C(=O)NCC(C)C)c1C. The van der Waals surface area contributed by atoms with Gasteiger partial charge in [0, 0.05) is 24.0 Å². The van der Waals surface area contributed by atoms with E-state index >= 15 is 0 Å².